The lowest BCUT2D eigenvalue weighted by atomic mass is 10.1. The quantitative estimate of drug-likeness (QED) is 0.910. The summed E-state index contributed by atoms with van der Waals surface area (Å²) in [6.45, 7) is 3.43. The zero-order chi connectivity index (χ0) is 15.6. The molecule has 2 aromatic rings. The van der Waals surface area contributed by atoms with Crippen molar-refractivity contribution in [3.63, 3.8) is 0 Å². The van der Waals surface area contributed by atoms with Crippen molar-refractivity contribution >= 4 is 23.2 Å². The highest BCUT2D eigenvalue weighted by Gasteiger charge is 2.18. The second-order valence-corrected chi connectivity index (χ2v) is 5.44. The molecule has 0 aliphatic rings. The molecule has 0 saturated heterocycles. The van der Waals surface area contributed by atoms with Crippen molar-refractivity contribution in [2.75, 3.05) is 0 Å². The smallest absolute Gasteiger partial charge is 0.355 e. The zero-order valence-electron chi connectivity index (χ0n) is 11.4. The number of aromatic nitrogens is 1. The number of amides is 1. The molecule has 2 rings (SSSR count). The first-order valence-corrected chi connectivity index (χ1v) is 7.02. The number of hydrogen-bond donors (Lipinski definition) is 2. The fourth-order valence-corrected chi connectivity index (χ4v) is 2.53. The lowest BCUT2D eigenvalue weighted by molar-refractivity contribution is 0.0691. The summed E-state index contributed by atoms with van der Waals surface area (Å²) in [5.74, 6) is -2.29. The molecule has 5 nitrogen and oxygen atoms in total. The maximum atomic E-state index is 13.6. The van der Waals surface area contributed by atoms with E-state index < -0.39 is 23.7 Å². The topological polar surface area (TPSA) is 79.3 Å². The van der Waals surface area contributed by atoms with Crippen LogP contribution in [0.2, 0.25) is 0 Å². The van der Waals surface area contributed by atoms with Gasteiger partial charge in [-0.3, -0.25) is 4.79 Å². The fraction of sp³-hybridized carbons (Fsp3) is 0.214. The third-order valence-corrected chi connectivity index (χ3v) is 3.85. The Morgan fingerprint density at radius 3 is 2.76 bits per heavy atom. The van der Waals surface area contributed by atoms with Gasteiger partial charge in [0.05, 0.1) is 11.6 Å². The molecule has 1 unspecified atom stereocenters. The zero-order valence-corrected chi connectivity index (χ0v) is 12.2. The van der Waals surface area contributed by atoms with E-state index >= 15 is 0 Å². The highest BCUT2D eigenvalue weighted by Crippen LogP contribution is 2.19. The summed E-state index contributed by atoms with van der Waals surface area (Å²) < 4.78 is 13.6. The van der Waals surface area contributed by atoms with Gasteiger partial charge in [0.1, 0.15) is 10.8 Å². The number of aryl methyl sites for hydroxylation is 1. The van der Waals surface area contributed by atoms with Crippen LogP contribution in [0.1, 0.15) is 44.4 Å². The van der Waals surface area contributed by atoms with Crippen LogP contribution in [-0.4, -0.2) is 22.0 Å². The third kappa shape index (κ3) is 3.43. The first-order valence-electron chi connectivity index (χ1n) is 6.14. The summed E-state index contributed by atoms with van der Waals surface area (Å²) in [6, 6.07) is 3.77. The van der Waals surface area contributed by atoms with Crippen molar-refractivity contribution in [1.29, 1.82) is 0 Å². The van der Waals surface area contributed by atoms with Crippen molar-refractivity contribution in [3.05, 3.63) is 51.2 Å². The molecule has 1 atom stereocenters. The number of hydrogen-bond acceptors (Lipinski definition) is 4. The Morgan fingerprint density at radius 2 is 2.14 bits per heavy atom. The van der Waals surface area contributed by atoms with Crippen molar-refractivity contribution in [2.45, 2.75) is 19.9 Å². The predicted octanol–water partition coefficient (Wildman–Crippen LogP) is 2.78. The van der Waals surface area contributed by atoms with Crippen LogP contribution in [0, 0.1) is 12.7 Å². The molecular weight excluding hydrogens is 295 g/mol. The van der Waals surface area contributed by atoms with Crippen molar-refractivity contribution < 1.29 is 19.1 Å². The third-order valence-electron chi connectivity index (χ3n) is 2.83. The van der Waals surface area contributed by atoms with Crippen LogP contribution in [0.3, 0.4) is 0 Å². The number of nitrogens with zero attached hydrogens (tertiary/aromatic N) is 1. The summed E-state index contributed by atoms with van der Waals surface area (Å²) in [7, 11) is 0. The van der Waals surface area contributed by atoms with E-state index in [0.717, 1.165) is 16.9 Å². The van der Waals surface area contributed by atoms with Crippen LogP contribution in [0.5, 0.6) is 0 Å². The molecule has 0 bridgehead atoms. The van der Waals surface area contributed by atoms with Gasteiger partial charge in [0.2, 0.25) is 0 Å². The summed E-state index contributed by atoms with van der Waals surface area (Å²) in [5.41, 5.74) is 0.659. The number of carboxylic acid groups (broad SMARTS) is 1. The SMILES string of the molecule is Cc1ccc(F)c(C(=O)NC(C)c2nc(C(=O)O)cs2)c1. The van der Waals surface area contributed by atoms with E-state index in [1.807, 2.05) is 0 Å². The number of carbonyl (C=O) groups is 2. The lowest BCUT2D eigenvalue weighted by Crippen LogP contribution is -2.27. The molecule has 0 aliphatic carbocycles. The van der Waals surface area contributed by atoms with Gasteiger partial charge in [-0.05, 0) is 26.0 Å². The molecule has 7 heteroatoms. The van der Waals surface area contributed by atoms with E-state index in [4.69, 9.17) is 5.11 Å². The predicted molar refractivity (Wildman–Crippen MR) is 76.1 cm³/mol. The average Bonchev–Trinajstić information content (AvgIpc) is 2.91. The van der Waals surface area contributed by atoms with E-state index in [1.54, 1.807) is 19.9 Å². The number of rotatable bonds is 4. The van der Waals surface area contributed by atoms with Gasteiger partial charge in [-0.15, -0.1) is 11.3 Å². The van der Waals surface area contributed by atoms with Crippen LogP contribution in [-0.2, 0) is 0 Å². The van der Waals surface area contributed by atoms with Crippen LogP contribution in [0.15, 0.2) is 23.6 Å². The van der Waals surface area contributed by atoms with Gasteiger partial charge in [-0.25, -0.2) is 14.2 Å². The van der Waals surface area contributed by atoms with Crippen molar-refractivity contribution in [1.82, 2.24) is 10.3 Å². The minimum absolute atomic E-state index is 0.0446. The highest BCUT2D eigenvalue weighted by molar-refractivity contribution is 7.09. The monoisotopic (exact) mass is 308 g/mol. The number of carboxylic acids is 1. The summed E-state index contributed by atoms with van der Waals surface area (Å²) in [4.78, 5) is 26.7. The average molecular weight is 308 g/mol. The second kappa shape index (κ2) is 6.01. The number of halogens is 1. The molecule has 110 valence electrons. The van der Waals surface area contributed by atoms with E-state index in [9.17, 15) is 14.0 Å². The summed E-state index contributed by atoms with van der Waals surface area (Å²) >= 11 is 1.13. The Balaban J connectivity index is 2.14. The standard InChI is InChI=1S/C14H13FN2O3S/c1-7-3-4-10(15)9(5-7)12(18)16-8(2)13-17-11(6-21-13)14(19)20/h3-6,8H,1-2H3,(H,16,18)(H,19,20). The molecule has 0 fully saturated rings. The maximum absolute atomic E-state index is 13.6. The first kappa shape index (κ1) is 15.1. The van der Waals surface area contributed by atoms with Crippen LogP contribution in [0.25, 0.3) is 0 Å². The number of carbonyl (C=O) groups excluding carboxylic acids is 1. The van der Waals surface area contributed by atoms with Gasteiger partial charge in [-0.2, -0.15) is 0 Å². The highest BCUT2D eigenvalue weighted by atomic mass is 32.1. The lowest BCUT2D eigenvalue weighted by Gasteiger charge is -2.12. The largest absolute Gasteiger partial charge is 0.476 e. The number of aromatic carboxylic acids is 1. The van der Waals surface area contributed by atoms with E-state index in [0.29, 0.717) is 5.01 Å². The van der Waals surface area contributed by atoms with Gasteiger partial charge in [-0.1, -0.05) is 11.6 Å². The Morgan fingerprint density at radius 1 is 1.43 bits per heavy atom. The minimum Gasteiger partial charge on any atom is -0.476 e. The second-order valence-electron chi connectivity index (χ2n) is 4.55. The molecule has 0 spiro atoms. The Hall–Kier alpha value is -2.28. The molecule has 2 N–H and O–H groups in total. The molecule has 0 aliphatic heterocycles. The Labute approximate surface area is 124 Å². The van der Waals surface area contributed by atoms with Gasteiger partial charge in [0.15, 0.2) is 5.69 Å². The van der Waals surface area contributed by atoms with Crippen molar-refractivity contribution in [3.8, 4) is 0 Å². The van der Waals surface area contributed by atoms with Gasteiger partial charge in [0, 0.05) is 5.38 Å². The Bertz CT molecular complexity index is 699. The molecule has 21 heavy (non-hydrogen) atoms. The van der Waals surface area contributed by atoms with Gasteiger partial charge < -0.3 is 10.4 Å². The fourth-order valence-electron chi connectivity index (χ4n) is 1.73. The summed E-state index contributed by atoms with van der Waals surface area (Å²) in [5, 5.41) is 13.3. The van der Waals surface area contributed by atoms with Crippen molar-refractivity contribution in [2.24, 2.45) is 0 Å². The van der Waals surface area contributed by atoms with Crippen LogP contribution in [0.4, 0.5) is 4.39 Å². The normalized spacial score (nSPS) is 12.0. The number of benzene rings is 1. The van der Waals surface area contributed by atoms with Crippen LogP contribution >= 0.6 is 11.3 Å². The number of nitrogens with one attached hydrogen (secondary N) is 1. The first-order chi connectivity index (χ1) is 9.88. The van der Waals surface area contributed by atoms with Gasteiger partial charge >= 0.3 is 5.97 Å². The van der Waals surface area contributed by atoms with E-state index in [-0.39, 0.29) is 11.3 Å². The van der Waals surface area contributed by atoms with E-state index in [1.165, 1.54) is 17.5 Å². The number of thiazole rings is 1. The maximum Gasteiger partial charge on any atom is 0.355 e. The molecule has 1 aromatic heterocycles. The molecule has 0 saturated carbocycles. The minimum atomic E-state index is -1.12. The Kier molecular flexibility index (Phi) is 4.32. The molecule has 1 amide bonds. The molecule has 0 radical (unpaired) electrons. The molecular formula is C14H13FN2O3S. The molecule has 1 heterocycles. The molecule has 1 aromatic carbocycles. The van der Waals surface area contributed by atoms with E-state index in [2.05, 4.69) is 10.3 Å². The summed E-state index contributed by atoms with van der Waals surface area (Å²) in [6.07, 6.45) is 0. The van der Waals surface area contributed by atoms with Gasteiger partial charge in [0.25, 0.3) is 5.91 Å². The van der Waals surface area contributed by atoms with Crippen LogP contribution < -0.4 is 5.32 Å².